The van der Waals surface area contributed by atoms with E-state index < -0.39 is 0 Å². The van der Waals surface area contributed by atoms with Crippen LogP contribution in [0.2, 0.25) is 0 Å². The molecule has 0 fully saturated rings. The summed E-state index contributed by atoms with van der Waals surface area (Å²) in [6.07, 6.45) is 0. The summed E-state index contributed by atoms with van der Waals surface area (Å²) in [6.45, 7) is 0. The van der Waals surface area contributed by atoms with Gasteiger partial charge in [0, 0.05) is 10.8 Å². The van der Waals surface area contributed by atoms with Gasteiger partial charge >= 0.3 is 7.69 Å². The highest BCUT2D eigenvalue weighted by molar-refractivity contribution is 6.22. The Kier molecular flexibility index (Phi) is 4.51. The summed E-state index contributed by atoms with van der Waals surface area (Å²) in [5.41, 5.74) is 4.75. The zero-order chi connectivity index (χ0) is 19.6. The number of hydrogen-bond acceptors (Lipinski definition) is 2. The molecule has 0 unspecified atom stereocenters. The fourth-order valence-corrected chi connectivity index (χ4v) is 4.08. The molecule has 0 aromatic heterocycles. The smallest absolute Gasteiger partial charge is 0.504 e. The molecule has 3 heteroatoms. The summed E-state index contributed by atoms with van der Waals surface area (Å²) in [7, 11) is -0.348. The second kappa shape index (κ2) is 7.46. The van der Waals surface area contributed by atoms with Crippen molar-refractivity contribution >= 4 is 29.2 Å². The summed E-state index contributed by atoms with van der Waals surface area (Å²) >= 11 is 0. The molecule has 5 aromatic rings. The predicted molar refractivity (Wildman–Crippen MR) is 122 cm³/mol. The standard InChI is InChI=1S/C26H19BO2/c28-27-29-26-23-12-6-4-10-21(23)25(22-11-5-7-13-24(22)26)20-16-14-19(15-17-20)18-8-2-1-3-9-18/h1-17,27-28H. The Morgan fingerprint density at radius 2 is 0.931 bits per heavy atom. The minimum atomic E-state index is -0.348. The third-order valence-electron chi connectivity index (χ3n) is 5.37. The Bertz CT molecular complexity index is 1240. The van der Waals surface area contributed by atoms with Crippen LogP contribution in [0.3, 0.4) is 0 Å². The maximum absolute atomic E-state index is 9.44. The predicted octanol–water partition coefficient (Wildman–Crippen LogP) is 5.96. The largest absolute Gasteiger partial charge is 0.538 e. The highest BCUT2D eigenvalue weighted by atomic mass is 16.5. The molecule has 0 bridgehead atoms. The SMILES string of the molecule is OBOc1c2ccccc2c(-c2ccc(-c3ccccc3)cc2)c2ccccc12. The number of benzene rings is 5. The lowest BCUT2D eigenvalue weighted by molar-refractivity contribution is 0.459. The first-order valence-corrected chi connectivity index (χ1v) is 9.70. The van der Waals surface area contributed by atoms with E-state index in [4.69, 9.17) is 4.65 Å². The lowest BCUT2D eigenvalue weighted by Crippen LogP contribution is -2.01. The van der Waals surface area contributed by atoms with Crippen molar-refractivity contribution in [3.8, 4) is 28.0 Å². The molecule has 0 saturated carbocycles. The first-order chi connectivity index (χ1) is 14.4. The third-order valence-corrected chi connectivity index (χ3v) is 5.37. The van der Waals surface area contributed by atoms with Gasteiger partial charge in [-0.1, -0.05) is 103 Å². The van der Waals surface area contributed by atoms with Gasteiger partial charge in [0.2, 0.25) is 0 Å². The van der Waals surface area contributed by atoms with Crippen molar-refractivity contribution in [1.82, 2.24) is 0 Å². The van der Waals surface area contributed by atoms with Crippen molar-refractivity contribution in [1.29, 1.82) is 0 Å². The molecule has 0 aliphatic rings. The maximum atomic E-state index is 9.44. The number of rotatable bonds is 4. The van der Waals surface area contributed by atoms with Crippen LogP contribution in [0, 0.1) is 0 Å². The van der Waals surface area contributed by atoms with Crippen LogP contribution in [0.5, 0.6) is 5.75 Å². The van der Waals surface area contributed by atoms with E-state index in [0.29, 0.717) is 0 Å². The minimum Gasteiger partial charge on any atom is -0.538 e. The topological polar surface area (TPSA) is 29.5 Å². The number of hydrogen-bond donors (Lipinski definition) is 1. The van der Waals surface area contributed by atoms with Gasteiger partial charge in [0.05, 0.1) is 0 Å². The Labute approximate surface area is 170 Å². The van der Waals surface area contributed by atoms with Crippen molar-refractivity contribution in [2.24, 2.45) is 0 Å². The molecule has 0 saturated heterocycles. The lowest BCUT2D eigenvalue weighted by atomic mass is 9.90. The van der Waals surface area contributed by atoms with Crippen LogP contribution in [0.25, 0.3) is 43.8 Å². The van der Waals surface area contributed by atoms with E-state index in [1.165, 1.54) is 16.7 Å². The Hall–Kier alpha value is -3.56. The van der Waals surface area contributed by atoms with Gasteiger partial charge in [-0.15, -0.1) is 0 Å². The van der Waals surface area contributed by atoms with Crippen LogP contribution in [0.15, 0.2) is 103 Å². The van der Waals surface area contributed by atoms with E-state index in [2.05, 4.69) is 72.8 Å². The van der Waals surface area contributed by atoms with Crippen LogP contribution in [-0.4, -0.2) is 12.7 Å². The van der Waals surface area contributed by atoms with Gasteiger partial charge in [-0.2, -0.15) is 0 Å². The van der Waals surface area contributed by atoms with Crippen molar-refractivity contribution in [2.45, 2.75) is 0 Å². The first kappa shape index (κ1) is 17.5. The van der Waals surface area contributed by atoms with E-state index in [-0.39, 0.29) is 7.69 Å². The normalized spacial score (nSPS) is 10.9. The summed E-state index contributed by atoms with van der Waals surface area (Å²) < 4.78 is 5.66. The zero-order valence-electron chi connectivity index (χ0n) is 15.9. The molecule has 5 rings (SSSR count). The van der Waals surface area contributed by atoms with Gasteiger partial charge in [-0.05, 0) is 33.0 Å². The van der Waals surface area contributed by atoms with Crippen molar-refractivity contribution in [3.05, 3.63) is 103 Å². The third kappa shape index (κ3) is 3.06. The summed E-state index contributed by atoms with van der Waals surface area (Å²) in [5.74, 6) is 0.725. The fourth-order valence-electron chi connectivity index (χ4n) is 4.08. The molecule has 0 atom stereocenters. The Morgan fingerprint density at radius 1 is 0.483 bits per heavy atom. The van der Waals surface area contributed by atoms with Gasteiger partial charge in [0.1, 0.15) is 5.75 Å². The Morgan fingerprint density at radius 3 is 1.48 bits per heavy atom. The highest BCUT2D eigenvalue weighted by Crippen LogP contribution is 2.43. The maximum Gasteiger partial charge on any atom is 0.504 e. The molecule has 0 aliphatic carbocycles. The van der Waals surface area contributed by atoms with Crippen LogP contribution in [-0.2, 0) is 0 Å². The quantitative estimate of drug-likeness (QED) is 0.310. The molecule has 5 aromatic carbocycles. The Balaban J connectivity index is 1.77. The van der Waals surface area contributed by atoms with E-state index in [9.17, 15) is 5.02 Å². The minimum absolute atomic E-state index is 0.348. The molecule has 138 valence electrons. The van der Waals surface area contributed by atoms with E-state index in [0.717, 1.165) is 32.9 Å². The molecular formula is C26H19BO2. The van der Waals surface area contributed by atoms with Crippen LogP contribution < -0.4 is 4.65 Å². The van der Waals surface area contributed by atoms with Crippen LogP contribution in [0.4, 0.5) is 0 Å². The summed E-state index contributed by atoms with van der Waals surface area (Å²) in [6, 6.07) is 35.5. The van der Waals surface area contributed by atoms with Gasteiger partial charge < -0.3 is 9.68 Å². The zero-order valence-corrected chi connectivity index (χ0v) is 15.9. The highest BCUT2D eigenvalue weighted by Gasteiger charge is 2.15. The van der Waals surface area contributed by atoms with Crippen molar-refractivity contribution in [2.75, 3.05) is 0 Å². The van der Waals surface area contributed by atoms with E-state index in [1.807, 2.05) is 30.3 Å². The second-order valence-electron chi connectivity index (χ2n) is 7.01. The molecule has 0 aliphatic heterocycles. The molecular weight excluding hydrogens is 355 g/mol. The second-order valence-corrected chi connectivity index (χ2v) is 7.01. The summed E-state index contributed by atoms with van der Waals surface area (Å²) in [4.78, 5) is 0. The molecule has 0 radical (unpaired) electrons. The molecule has 29 heavy (non-hydrogen) atoms. The fraction of sp³-hybridized carbons (Fsp3) is 0. The average molecular weight is 374 g/mol. The number of fused-ring (bicyclic) bond motifs is 2. The van der Waals surface area contributed by atoms with Gasteiger partial charge in [-0.3, -0.25) is 0 Å². The van der Waals surface area contributed by atoms with Crippen LogP contribution in [0.1, 0.15) is 0 Å². The van der Waals surface area contributed by atoms with E-state index in [1.54, 1.807) is 0 Å². The van der Waals surface area contributed by atoms with Gasteiger partial charge in [0.25, 0.3) is 0 Å². The van der Waals surface area contributed by atoms with Crippen molar-refractivity contribution < 1.29 is 9.68 Å². The average Bonchev–Trinajstić information content (AvgIpc) is 2.80. The van der Waals surface area contributed by atoms with Gasteiger partial charge in [0.15, 0.2) is 0 Å². The van der Waals surface area contributed by atoms with Gasteiger partial charge in [-0.25, -0.2) is 0 Å². The molecule has 0 amide bonds. The molecule has 2 nitrogen and oxygen atoms in total. The summed E-state index contributed by atoms with van der Waals surface area (Å²) in [5, 5.41) is 13.7. The van der Waals surface area contributed by atoms with Crippen molar-refractivity contribution in [3.63, 3.8) is 0 Å². The molecule has 1 N–H and O–H groups in total. The van der Waals surface area contributed by atoms with E-state index >= 15 is 0 Å². The molecule has 0 spiro atoms. The van der Waals surface area contributed by atoms with Crippen LogP contribution >= 0.6 is 0 Å². The monoisotopic (exact) mass is 374 g/mol. The first-order valence-electron chi connectivity index (χ1n) is 9.70. The molecule has 0 heterocycles. The lowest BCUT2D eigenvalue weighted by Gasteiger charge is -2.17.